The third-order valence-electron chi connectivity index (χ3n) is 8.92. The summed E-state index contributed by atoms with van der Waals surface area (Å²) in [5.41, 5.74) is 6.43. The molecule has 43 heavy (non-hydrogen) atoms. The molecule has 0 saturated carbocycles. The third kappa shape index (κ3) is 8.93. The van der Waals surface area contributed by atoms with Crippen LogP contribution in [0.4, 0.5) is 13.2 Å². The average Bonchev–Trinajstić information content (AvgIpc) is 3.02. The van der Waals surface area contributed by atoms with E-state index in [0.29, 0.717) is 56.6 Å². The fourth-order valence-corrected chi connectivity index (χ4v) is 6.25. The standard InChI is InChI=1S/C31H46F3N5O4/c1-20(21(2)36-17-25-5-4-6-27(43-25)22-7-9-23(10-8-22)31(32,33)34)29(37-19-35)30(40)39-14-11-24(12-15-39)38-26-13-16-42-18-28(26)41-3/h7,9-10,19,22,24-28,36,38H,2,4-6,8,11-18H2,1,3H3,(H2,35,37)/b29-20-/t22?,25-,26-,27+,28+/m1/s1. The molecule has 0 spiro atoms. The van der Waals surface area contributed by atoms with Crippen LogP contribution in [0.1, 0.15) is 51.9 Å². The highest BCUT2D eigenvalue weighted by atomic mass is 19.4. The molecule has 0 aromatic heterocycles. The van der Waals surface area contributed by atoms with Gasteiger partial charge in [0.1, 0.15) is 5.70 Å². The molecule has 240 valence electrons. The van der Waals surface area contributed by atoms with Gasteiger partial charge in [-0.3, -0.25) is 4.79 Å². The first kappa shape index (κ1) is 33.2. The topological polar surface area (TPSA) is 110 Å². The zero-order valence-corrected chi connectivity index (χ0v) is 25.2. The number of carbonyl (C=O) groups excluding carboxylic acids is 1. The maximum atomic E-state index is 13.5. The van der Waals surface area contributed by atoms with Crippen LogP contribution in [0.2, 0.25) is 0 Å². The van der Waals surface area contributed by atoms with Crippen molar-refractivity contribution in [2.45, 2.75) is 88.4 Å². The number of methoxy groups -OCH3 is 1. The number of nitrogens with one attached hydrogen (secondary N) is 2. The molecule has 0 radical (unpaired) electrons. The van der Waals surface area contributed by atoms with Crippen LogP contribution >= 0.6 is 0 Å². The molecule has 9 nitrogen and oxygen atoms in total. The Labute approximate surface area is 252 Å². The SMILES string of the molecule is C=C(NC[C@H]1CCC[C@@H](C2C=CC(C(F)(F)F)=CC2)O1)/C(C)=C(\N=C/N)C(=O)N1CCC(N[C@@H]2CCOC[C@@H]2OC)CC1. The molecule has 4 N–H and O–H groups in total. The van der Waals surface area contributed by atoms with Gasteiger partial charge in [0.15, 0.2) is 0 Å². The lowest BCUT2D eigenvalue weighted by Gasteiger charge is -2.38. The summed E-state index contributed by atoms with van der Waals surface area (Å²) in [6.07, 6.45) is 6.00. The van der Waals surface area contributed by atoms with Crippen molar-refractivity contribution in [2.24, 2.45) is 16.6 Å². The Balaban J connectivity index is 1.28. The van der Waals surface area contributed by atoms with Crippen LogP contribution in [-0.4, -0.2) is 93.7 Å². The van der Waals surface area contributed by atoms with E-state index in [1.54, 1.807) is 25.0 Å². The molecule has 3 fully saturated rings. The number of alkyl halides is 3. The summed E-state index contributed by atoms with van der Waals surface area (Å²) in [7, 11) is 1.70. The highest BCUT2D eigenvalue weighted by Crippen LogP contribution is 2.35. The van der Waals surface area contributed by atoms with Crippen molar-refractivity contribution in [3.05, 3.63) is 47.3 Å². The monoisotopic (exact) mass is 609 g/mol. The minimum atomic E-state index is -4.33. The smallest absolute Gasteiger partial charge is 0.390 e. The number of nitrogens with zero attached hydrogens (tertiary/aromatic N) is 2. The van der Waals surface area contributed by atoms with E-state index in [0.717, 1.165) is 50.9 Å². The first-order valence-electron chi connectivity index (χ1n) is 15.3. The highest BCUT2D eigenvalue weighted by Gasteiger charge is 2.36. The number of amides is 1. The average molecular weight is 610 g/mol. The lowest BCUT2D eigenvalue weighted by molar-refractivity contribution is -0.128. The molecule has 0 aromatic carbocycles. The summed E-state index contributed by atoms with van der Waals surface area (Å²) in [4.78, 5) is 19.5. The molecule has 1 amide bonds. The molecule has 4 aliphatic rings. The molecule has 1 unspecified atom stereocenters. The van der Waals surface area contributed by atoms with E-state index in [4.69, 9.17) is 19.9 Å². The Morgan fingerprint density at radius 2 is 2.02 bits per heavy atom. The largest absolute Gasteiger partial charge is 0.416 e. The van der Waals surface area contributed by atoms with Crippen LogP contribution in [-0.2, 0) is 19.0 Å². The van der Waals surface area contributed by atoms with E-state index in [9.17, 15) is 18.0 Å². The Bertz CT molecular complexity index is 1100. The summed E-state index contributed by atoms with van der Waals surface area (Å²) in [6.45, 7) is 8.89. The number of nitrogens with two attached hydrogens (primary N) is 1. The quantitative estimate of drug-likeness (QED) is 0.150. The van der Waals surface area contributed by atoms with Gasteiger partial charge in [0.2, 0.25) is 0 Å². The Kier molecular flexibility index (Phi) is 11.9. The summed E-state index contributed by atoms with van der Waals surface area (Å²) < 4.78 is 56.3. The van der Waals surface area contributed by atoms with Crippen LogP contribution in [0.3, 0.4) is 0 Å². The minimum Gasteiger partial charge on any atom is -0.390 e. The van der Waals surface area contributed by atoms with Crippen molar-refractivity contribution in [1.29, 1.82) is 0 Å². The van der Waals surface area contributed by atoms with E-state index >= 15 is 0 Å². The number of halogens is 3. The van der Waals surface area contributed by atoms with Crippen LogP contribution < -0.4 is 16.4 Å². The number of carbonyl (C=O) groups is 1. The van der Waals surface area contributed by atoms with E-state index in [1.165, 1.54) is 6.08 Å². The fraction of sp³-hybridized carbons (Fsp3) is 0.677. The van der Waals surface area contributed by atoms with Crippen molar-refractivity contribution in [1.82, 2.24) is 15.5 Å². The van der Waals surface area contributed by atoms with Gasteiger partial charge >= 0.3 is 6.18 Å². The maximum absolute atomic E-state index is 13.5. The van der Waals surface area contributed by atoms with Crippen molar-refractivity contribution < 1.29 is 32.2 Å². The molecule has 1 aliphatic carbocycles. The van der Waals surface area contributed by atoms with Gasteiger partial charge in [0.05, 0.1) is 36.8 Å². The minimum absolute atomic E-state index is 0.0284. The first-order chi connectivity index (χ1) is 20.6. The van der Waals surface area contributed by atoms with Gasteiger partial charge in [0.25, 0.3) is 5.91 Å². The third-order valence-corrected chi connectivity index (χ3v) is 8.92. The van der Waals surface area contributed by atoms with Gasteiger partial charge in [-0.05, 0) is 51.9 Å². The predicted molar refractivity (Wildman–Crippen MR) is 159 cm³/mol. The van der Waals surface area contributed by atoms with Crippen molar-refractivity contribution in [2.75, 3.05) is 40.0 Å². The number of piperidine rings is 1. The maximum Gasteiger partial charge on any atom is 0.416 e. The van der Waals surface area contributed by atoms with Crippen LogP contribution in [0.5, 0.6) is 0 Å². The second-order valence-corrected chi connectivity index (χ2v) is 11.7. The van der Waals surface area contributed by atoms with E-state index in [1.807, 2.05) is 0 Å². The summed E-state index contributed by atoms with van der Waals surface area (Å²) in [5.74, 6) is -0.273. The molecule has 0 bridgehead atoms. The number of aliphatic imine (C=N–C) groups is 1. The van der Waals surface area contributed by atoms with Crippen molar-refractivity contribution in [3.8, 4) is 0 Å². The molecule has 3 heterocycles. The summed E-state index contributed by atoms with van der Waals surface area (Å²) in [6, 6.07) is 0.528. The molecular weight excluding hydrogens is 563 g/mol. The highest BCUT2D eigenvalue weighted by molar-refractivity contribution is 5.95. The molecular formula is C31H46F3N5O4. The lowest BCUT2D eigenvalue weighted by atomic mass is 9.87. The van der Waals surface area contributed by atoms with E-state index in [-0.39, 0.29) is 41.9 Å². The van der Waals surface area contributed by atoms with Crippen LogP contribution in [0.15, 0.2) is 52.3 Å². The normalized spacial score (nSPS) is 29.7. The summed E-state index contributed by atoms with van der Waals surface area (Å²) in [5, 5.41) is 6.99. The molecule has 5 atom stereocenters. The van der Waals surface area contributed by atoms with Crippen LogP contribution in [0, 0.1) is 5.92 Å². The van der Waals surface area contributed by atoms with Crippen molar-refractivity contribution in [3.63, 3.8) is 0 Å². The number of hydrogen-bond acceptors (Lipinski definition) is 7. The number of ether oxygens (including phenoxy) is 3. The zero-order valence-electron chi connectivity index (χ0n) is 25.2. The van der Waals surface area contributed by atoms with Gasteiger partial charge in [-0.15, -0.1) is 0 Å². The van der Waals surface area contributed by atoms with Gasteiger partial charge in [-0.1, -0.05) is 24.8 Å². The predicted octanol–water partition coefficient (Wildman–Crippen LogP) is 3.74. The van der Waals surface area contributed by atoms with Gasteiger partial charge in [-0.2, -0.15) is 13.2 Å². The van der Waals surface area contributed by atoms with Gasteiger partial charge < -0.3 is 35.5 Å². The Hall–Kier alpha value is -2.67. The molecule has 0 aromatic rings. The van der Waals surface area contributed by atoms with E-state index < -0.39 is 11.7 Å². The first-order valence-corrected chi connectivity index (χ1v) is 15.3. The fourth-order valence-electron chi connectivity index (χ4n) is 6.25. The van der Waals surface area contributed by atoms with Gasteiger partial charge in [0, 0.05) is 62.6 Å². The molecule has 12 heteroatoms. The van der Waals surface area contributed by atoms with Crippen molar-refractivity contribution >= 4 is 12.2 Å². The molecule has 3 aliphatic heterocycles. The van der Waals surface area contributed by atoms with E-state index in [2.05, 4.69) is 22.2 Å². The summed E-state index contributed by atoms with van der Waals surface area (Å²) >= 11 is 0. The van der Waals surface area contributed by atoms with Gasteiger partial charge in [-0.25, -0.2) is 4.99 Å². The lowest BCUT2D eigenvalue weighted by Crippen LogP contribution is -2.54. The second kappa shape index (κ2) is 15.4. The number of likely N-dealkylation sites (tertiary alicyclic amines) is 1. The second-order valence-electron chi connectivity index (χ2n) is 11.7. The number of hydrogen-bond donors (Lipinski definition) is 3. The molecule has 3 saturated heterocycles. The zero-order chi connectivity index (χ0) is 31.0. The Morgan fingerprint density at radius 3 is 2.67 bits per heavy atom. The number of rotatable bonds is 10. The molecule has 4 rings (SSSR count). The van der Waals surface area contributed by atoms with Crippen LogP contribution in [0.25, 0.3) is 0 Å². The number of allylic oxidation sites excluding steroid dienone is 4. The Morgan fingerprint density at radius 1 is 1.26 bits per heavy atom.